The van der Waals surface area contributed by atoms with Crippen LogP contribution in [-0.2, 0) is 17.8 Å². The Balaban J connectivity index is 0.00000145. The highest BCUT2D eigenvalue weighted by Crippen LogP contribution is 2.14. The van der Waals surface area contributed by atoms with Gasteiger partial charge in [-0.15, -0.1) is 0 Å². The average Bonchev–Trinajstić information content (AvgIpc) is 3.13. The number of amides is 1. The number of aliphatic hydroxyl groups excluding tert-OH is 1. The van der Waals surface area contributed by atoms with Crippen LogP contribution in [0.5, 0.6) is 0 Å². The molecule has 1 N–H and O–H groups in total. The standard InChI is InChI=1S/C21H30N4O2.C2H6/c1-3-20(26)21(27)24-12-9-23(10-13-24)11-14-25-16-22-17(2)19(25)15-18-7-5-4-6-8-18;1-2/h4-8,16,20,26H,3,9-15H2,1-2H3;1-2H3. The molecule has 0 saturated carbocycles. The van der Waals surface area contributed by atoms with Gasteiger partial charge in [-0.3, -0.25) is 9.69 Å². The van der Waals surface area contributed by atoms with Gasteiger partial charge in [-0.1, -0.05) is 51.1 Å². The second-order valence-electron chi connectivity index (χ2n) is 7.22. The molecule has 0 aliphatic carbocycles. The van der Waals surface area contributed by atoms with Gasteiger partial charge in [-0.05, 0) is 18.9 Å². The molecule has 0 radical (unpaired) electrons. The summed E-state index contributed by atoms with van der Waals surface area (Å²) in [6.45, 7) is 12.8. The molecule has 0 bridgehead atoms. The first kappa shape index (κ1) is 23.1. The van der Waals surface area contributed by atoms with Crippen molar-refractivity contribution < 1.29 is 9.90 Å². The summed E-state index contributed by atoms with van der Waals surface area (Å²) in [5, 5.41) is 9.74. The lowest BCUT2D eigenvalue weighted by atomic mass is 10.1. The number of benzene rings is 1. The fraction of sp³-hybridized carbons (Fsp3) is 0.565. The molecule has 6 heteroatoms. The third-order valence-electron chi connectivity index (χ3n) is 5.38. The Morgan fingerprint density at radius 3 is 2.38 bits per heavy atom. The SMILES string of the molecule is CC.CCC(O)C(=O)N1CCN(CCn2cnc(C)c2Cc2ccccc2)CC1. The molecule has 1 atom stereocenters. The molecule has 2 aromatic rings. The predicted molar refractivity (Wildman–Crippen MR) is 117 cm³/mol. The number of hydrogen-bond donors (Lipinski definition) is 1. The van der Waals surface area contributed by atoms with E-state index in [1.807, 2.05) is 33.2 Å². The van der Waals surface area contributed by atoms with Crippen molar-refractivity contribution in [3.63, 3.8) is 0 Å². The number of hydrogen-bond acceptors (Lipinski definition) is 4. The van der Waals surface area contributed by atoms with Crippen LogP contribution in [-0.4, -0.2) is 69.2 Å². The van der Waals surface area contributed by atoms with E-state index < -0.39 is 6.10 Å². The molecule has 1 aliphatic heterocycles. The fourth-order valence-corrected chi connectivity index (χ4v) is 3.55. The van der Waals surface area contributed by atoms with E-state index in [-0.39, 0.29) is 5.91 Å². The molecule has 0 spiro atoms. The Hall–Kier alpha value is -2.18. The maximum Gasteiger partial charge on any atom is 0.251 e. The Morgan fingerprint density at radius 2 is 1.76 bits per heavy atom. The van der Waals surface area contributed by atoms with Crippen molar-refractivity contribution >= 4 is 5.91 Å². The van der Waals surface area contributed by atoms with Gasteiger partial charge in [0, 0.05) is 51.4 Å². The third-order valence-corrected chi connectivity index (χ3v) is 5.38. The number of aliphatic hydroxyl groups is 1. The number of carbonyl (C=O) groups excluding carboxylic acids is 1. The van der Waals surface area contributed by atoms with Crippen LogP contribution in [0.2, 0.25) is 0 Å². The average molecular weight is 401 g/mol. The number of carbonyl (C=O) groups is 1. The van der Waals surface area contributed by atoms with Gasteiger partial charge in [-0.2, -0.15) is 0 Å². The maximum absolute atomic E-state index is 12.1. The topological polar surface area (TPSA) is 61.6 Å². The second kappa shape index (κ2) is 11.7. The minimum absolute atomic E-state index is 0.132. The lowest BCUT2D eigenvalue weighted by Gasteiger charge is -2.35. The van der Waals surface area contributed by atoms with Crippen molar-refractivity contribution in [2.75, 3.05) is 32.7 Å². The lowest BCUT2D eigenvalue weighted by molar-refractivity contribution is -0.142. The first-order valence-electron chi connectivity index (χ1n) is 10.8. The first-order chi connectivity index (χ1) is 14.1. The maximum atomic E-state index is 12.1. The monoisotopic (exact) mass is 400 g/mol. The highest BCUT2D eigenvalue weighted by Gasteiger charge is 2.25. The van der Waals surface area contributed by atoms with E-state index in [1.54, 1.807) is 4.90 Å². The Morgan fingerprint density at radius 1 is 1.10 bits per heavy atom. The zero-order valence-corrected chi connectivity index (χ0v) is 18.3. The molecular formula is C23H36N4O2. The van der Waals surface area contributed by atoms with E-state index >= 15 is 0 Å². The number of aryl methyl sites for hydroxylation is 1. The van der Waals surface area contributed by atoms with E-state index in [4.69, 9.17) is 0 Å². The van der Waals surface area contributed by atoms with Gasteiger partial charge in [0.1, 0.15) is 6.10 Å². The molecule has 1 aliphatic rings. The molecule has 160 valence electrons. The predicted octanol–water partition coefficient (Wildman–Crippen LogP) is 2.72. The Bertz CT molecular complexity index is 737. The van der Waals surface area contributed by atoms with E-state index in [9.17, 15) is 9.90 Å². The summed E-state index contributed by atoms with van der Waals surface area (Å²) in [5.41, 5.74) is 3.65. The number of imidazole rings is 1. The minimum Gasteiger partial charge on any atom is -0.383 e. The van der Waals surface area contributed by atoms with E-state index in [0.29, 0.717) is 19.5 Å². The highest BCUT2D eigenvalue weighted by molar-refractivity contribution is 5.80. The molecule has 1 saturated heterocycles. The summed E-state index contributed by atoms with van der Waals surface area (Å²) < 4.78 is 2.25. The summed E-state index contributed by atoms with van der Waals surface area (Å²) in [5.74, 6) is -0.132. The Labute approximate surface area is 175 Å². The van der Waals surface area contributed by atoms with Gasteiger partial charge in [0.2, 0.25) is 0 Å². The van der Waals surface area contributed by atoms with Crippen LogP contribution in [0.4, 0.5) is 0 Å². The summed E-state index contributed by atoms with van der Waals surface area (Å²) in [6.07, 6.45) is 2.45. The molecule has 1 unspecified atom stereocenters. The number of nitrogens with zero attached hydrogens (tertiary/aromatic N) is 4. The summed E-state index contributed by atoms with van der Waals surface area (Å²) in [7, 11) is 0. The quantitative estimate of drug-likeness (QED) is 0.776. The van der Waals surface area contributed by atoms with Gasteiger partial charge >= 0.3 is 0 Å². The van der Waals surface area contributed by atoms with Crippen LogP contribution in [0, 0.1) is 6.92 Å². The van der Waals surface area contributed by atoms with Crippen LogP contribution >= 0.6 is 0 Å². The lowest BCUT2D eigenvalue weighted by Crippen LogP contribution is -2.51. The van der Waals surface area contributed by atoms with Crippen molar-refractivity contribution in [1.82, 2.24) is 19.4 Å². The molecular weight excluding hydrogens is 364 g/mol. The zero-order valence-electron chi connectivity index (χ0n) is 18.3. The van der Waals surface area contributed by atoms with Crippen molar-refractivity contribution in [3.8, 4) is 0 Å². The van der Waals surface area contributed by atoms with Gasteiger partial charge < -0.3 is 14.6 Å². The molecule has 1 amide bonds. The van der Waals surface area contributed by atoms with Crippen LogP contribution in [0.25, 0.3) is 0 Å². The highest BCUT2D eigenvalue weighted by atomic mass is 16.3. The van der Waals surface area contributed by atoms with Gasteiger partial charge in [0.15, 0.2) is 0 Å². The third kappa shape index (κ3) is 6.41. The van der Waals surface area contributed by atoms with Crippen molar-refractivity contribution in [1.29, 1.82) is 0 Å². The van der Waals surface area contributed by atoms with Crippen molar-refractivity contribution in [2.45, 2.75) is 53.2 Å². The molecule has 1 aromatic heterocycles. The second-order valence-corrected chi connectivity index (χ2v) is 7.22. The molecule has 3 rings (SSSR count). The smallest absolute Gasteiger partial charge is 0.251 e. The zero-order chi connectivity index (χ0) is 21.2. The first-order valence-corrected chi connectivity index (χ1v) is 10.8. The van der Waals surface area contributed by atoms with E-state index in [0.717, 1.165) is 38.3 Å². The largest absolute Gasteiger partial charge is 0.383 e. The minimum atomic E-state index is -0.856. The molecule has 1 aromatic carbocycles. The van der Waals surface area contributed by atoms with Gasteiger partial charge in [-0.25, -0.2) is 4.98 Å². The summed E-state index contributed by atoms with van der Waals surface area (Å²) >= 11 is 0. The molecule has 1 fully saturated rings. The van der Waals surface area contributed by atoms with E-state index in [1.165, 1.54) is 11.3 Å². The van der Waals surface area contributed by atoms with Crippen LogP contribution in [0.1, 0.15) is 44.1 Å². The number of rotatable bonds is 7. The fourth-order valence-electron chi connectivity index (χ4n) is 3.55. The van der Waals surface area contributed by atoms with Crippen molar-refractivity contribution in [2.24, 2.45) is 0 Å². The van der Waals surface area contributed by atoms with Crippen LogP contribution in [0.15, 0.2) is 36.7 Å². The van der Waals surface area contributed by atoms with Crippen LogP contribution in [0.3, 0.4) is 0 Å². The normalized spacial score (nSPS) is 15.6. The summed E-state index contributed by atoms with van der Waals surface area (Å²) in [4.78, 5) is 20.7. The van der Waals surface area contributed by atoms with Gasteiger partial charge in [0.25, 0.3) is 5.91 Å². The molecule has 6 nitrogen and oxygen atoms in total. The molecule has 29 heavy (non-hydrogen) atoms. The summed E-state index contributed by atoms with van der Waals surface area (Å²) in [6, 6.07) is 10.5. The number of aromatic nitrogens is 2. The number of piperazine rings is 1. The van der Waals surface area contributed by atoms with E-state index in [2.05, 4.69) is 45.6 Å². The van der Waals surface area contributed by atoms with Gasteiger partial charge in [0.05, 0.1) is 12.0 Å². The van der Waals surface area contributed by atoms with Crippen LogP contribution < -0.4 is 0 Å². The van der Waals surface area contributed by atoms with Crippen molar-refractivity contribution in [3.05, 3.63) is 53.6 Å². The molecule has 2 heterocycles. The Kier molecular flexibility index (Phi) is 9.35.